The van der Waals surface area contributed by atoms with Gasteiger partial charge in [0, 0.05) is 43.5 Å². The standard InChI is InChI=1S/C20H23N5O2/c1-15-6-7-19-22-20(16-4-2-5-17(12-16)25(26)27)18(24(19)13-15)14-23-10-3-8-21-9-11-23/h2,4-7,12-13,21H,3,8-11,14H2,1H3. The summed E-state index contributed by atoms with van der Waals surface area (Å²) in [5.41, 5.74) is 4.80. The molecule has 0 saturated carbocycles. The molecule has 0 atom stereocenters. The van der Waals surface area contributed by atoms with Crippen LogP contribution in [0.3, 0.4) is 0 Å². The minimum Gasteiger partial charge on any atom is -0.315 e. The number of aryl methyl sites for hydroxylation is 1. The summed E-state index contributed by atoms with van der Waals surface area (Å²) < 4.78 is 2.13. The molecule has 0 bridgehead atoms. The number of pyridine rings is 1. The van der Waals surface area contributed by atoms with Crippen molar-refractivity contribution >= 4 is 11.3 Å². The van der Waals surface area contributed by atoms with Crippen LogP contribution in [-0.2, 0) is 6.54 Å². The molecular weight excluding hydrogens is 342 g/mol. The molecular formula is C20H23N5O2. The topological polar surface area (TPSA) is 75.7 Å². The van der Waals surface area contributed by atoms with Crippen LogP contribution in [0.1, 0.15) is 17.7 Å². The molecule has 0 unspecified atom stereocenters. The van der Waals surface area contributed by atoms with Crippen molar-refractivity contribution in [1.29, 1.82) is 0 Å². The molecule has 3 aromatic rings. The van der Waals surface area contributed by atoms with Crippen LogP contribution in [0.15, 0.2) is 42.6 Å². The fourth-order valence-electron chi connectivity index (χ4n) is 3.62. The van der Waals surface area contributed by atoms with Gasteiger partial charge in [0.1, 0.15) is 5.65 Å². The summed E-state index contributed by atoms with van der Waals surface area (Å²) in [4.78, 5) is 18.1. The van der Waals surface area contributed by atoms with Gasteiger partial charge < -0.3 is 9.72 Å². The van der Waals surface area contributed by atoms with Crippen LogP contribution >= 0.6 is 0 Å². The van der Waals surface area contributed by atoms with Crippen LogP contribution in [-0.4, -0.2) is 45.4 Å². The Morgan fingerprint density at radius 2 is 2.11 bits per heavy atom. The van der Waals surface area contributed by atoms with Crippen LogP contribution in [0.25, 0.3) is 16.9 Å². The molecule has 140 valence electrons. The number of hydrogen-bond acceptors (Lipinski definition) is 5. The van der Waals surface area contributed by atoms with Crippen molar-refractivity contribution in [3.8, 4) is 11.3 Å². The highest BCUT2D eigenvalue weighted by atomic mass is 16.6. The lowest BCUT2D eigenvalue weighted by atomic mass is 10.1. The highest BCUT2D eigenvalue weighted by Crippen LogP contribution is 2.28. The number of hydrogen-bond donors (Lipinski definition) is 1. The van der Waals surface area contributed by atoms with Crippen LogP contribution in [0.5, 0.6) is 0 Å². The molecule has 1 aliphatic rings. The normalized spacial score (nSPS) is 15.7. The van der Waals surface area contributed by atoms with Crippen LogP contribution in [0.2, 0.25) is 0 Å². The Kier molecular flexibility index (Phi) is 4.87. The van der Waals surface area contributed by atoms with E-state index in [9.17, 15) is 10.1 Å². The van der Waals surface area contributed by atoms with E-state index in [4.69, 9.17) is 4.98 Å². The number of aromatic nitrogens is 2. The fraction of sp³-hybridized carbons (Fsp3) is 0.350. The monoisotopic (exact) mass is 365 g/mol. The Morgan fingerprint density at radius 1 is 1.22 bits per heavy atom. The lowest BCUT2D eigenvalue weighted by molar-refractivity contribution is -0.384. The molecule has 27 heavy (non-hydrogen) atoms. The van der Waals surface area contributed by atoms with E-state index < -0.39 is 0 Å². The summed E-state index contributed by atoms with van der Waals surface area (Å²) in [7, 11) is 0. The molecule has 0 radical (unpaired) electrons. The van der Waals surface area contributed by atoms with Crippen molar-refractivity contribution in [3.63, 3.8) is 0 Å². The first kappa shape index (κ1) is 17.6. The Hall–Kier alpha value is -2.77. The maximum atomic E-state index is 11.2. The maximum Gasteiger partial charge on any atom is 0.270 e. The third-order valence-electron chi connectivity index (χ3n) is 5.00. The number of nitro groups is 1. The van der Waals surface area contributed by atoms with Crippen molar-refractivity contribution in [2.75, 3.05) is 26.2 Å². The zero-order chi connectivity index (χ0) is 18.8. The van der Waals surface area contributed by atoms with Gasteiger partial charge in [-0.25, -0.2) is 4.98 Å². The fourth-order valence-corrected chi connectivity index (χ4v) is 3.62. The second-order valence-electron chi connectivity index (χ2n) is 7.03. The van der Waals surface area contributed by atoms with Crippen molar-refractivity contribution in [1.82, 2.24) is 19.6 Å². The first-order valence-electron chi connectivity index (χ1n) is 9.27. The highest BCUT2D eigenvalue weighted by molar-refractivity contribution is 5.68. The van der Waals surface area contributed by atoms with E-state index in [2.05, 4.69) is 27.7 Å². The lowest BCUT2D eigenvalue weighted by Gasteiger charge is -2.20. The van der Waals surface area contributed by atoms with Gasteiger partial charge in [0.05, 0.1) is 16.3 Å². The molecule has 0 aliphatic carbocycles. The largest absolute Gasteiger partial charge is 0.315 e. The van der Waals surface area contributed by atoms with E-state index >= 15 is 0 Å². The average molecular weight is 365 g/mol. The molecule has 0 spiro atoms. The molecule has 1 saturated heterocycles. The zero-order valence-electron chi connectivity index (χ0n) is 15.4. The molecule has 3 heterocycles. The summed E-state index contributed by atoms with van der Waals surface area (Å²) in [6, 6.07) is 10.8. The number of benzene rings is 1. The Balaban J connectivity index is 1.81. The molecule has 7 heteroatoms. The summed E-state index contributed by atoms with van der Waals surface area (Å²) in [5.74, 6) is 0. The van der Waals surface area contributed by atoms with Gasteiger partial charge in [0.2, 0.25) is 0 Å². The molecule has 4 rings (SSSR count). The summed E-state index contributed by atoms with van der Waals surface area (Å²) in [5, 5.41) is 14.6. The Bertz CT molecular complexity index is 974. The Labute approximate surface area is 157 Å². The van der Waals surface area contributed by atoms with Crippen molar-refractivity contribution in [3.05, 3.63) is 64.0 Å². The number of fused-ring (bicyclic) bond motifs is 1. The predicted molar refractivity (Wildman–Crippen MR) is 105 cm³/mol. The van der Waals surface area contributed by atoms with Crippen molar-refractivity contribution in [2.24, 2.45) is 0 Å². The van der Waals surface area contributed by atoms with Gasteiger partial charge in [-0.1, -0.05) is 18.2 Å². The summed E-state index contributed by atoms with van der Waals surface area (Å²) >= 11 is 0. The number of nitro benzene ring substituents is 1. The molecule has 1 fully saturated rings. The molecule has 7 nitrogen and oxygen atoms in total. The van der Waals surface area contributed by atoms with Gasteiger partial charge in [-0.2, -0.15) is 0 Å². The quantitative estimate of drug-likeness (QED) is 0.568. The third-order valence-corrected chi connectivity index (χ3v) is 5.00. The predicted octanol–water partition coefficient (Wildman–Crippen LogP) is 3.01. The highest BCUT2D eigenvalue weighted by Gasteiger charge is 2.19. The lowest BCUT2D eigenvalue weighted by Crippen LogP contribution is -2.28. The van der Waals surface area contributed by atoms with Crippen molar-refractivity contribution in [2.45, 2.75) is 19.9 Å². The number of imidazole rings is 1. The SMILES string of the molecule is Cc1ccc2nc(-c3cccc([N+](=O)[O-])c3)c(CN3CCCNCC3)n2c1. The molecule has 1 N–H and O–H groups in total. The minimum absolute atomic E-state index is 0.0886. The van der Waals surface area contributed by atoms with Crippen LogP contribution in [0.4, 0.5) is 5.69 Å². The average Bonchev–Trinajstić information content (AvgIpc) is 2.83. The number of nitrogens with zero attached hydrogens (tertiary/aromatic N) is 4. The maximum absolute atomic E-state index is 11.2. The van der Waals surface area contributed by atoms with E-state index in [0.29, 0.717) is 0 Å². The molecule has 2 aromatic heterocycles. The molecule has 1 aromatic carbocycles. The van der Waals surface area contributed by atoms with E-state index in [1.54, 1.807) is 12.1 Å². The van der Waals surface area contributed by atoms with Gasteiger partial charge in [-0.3, -0.25) is 15.0 Å². The summed E-state index contributed by atoms with van der Waals surface area (Å²) in [6.45, 7) is 6.85. The van der Waals surface area contributed by atoms with E-state index in [1.165, 1.54) is 6.07 Å². The number of nitrogens with one attached hydrogen (secondary N) is 1. The van der Waals surface area contributed by atoms with E-state index in [1.807, 2.05) is 18.2 Å². The summed E-state index contributed by atoms with van der Waals surface area (Å²) in [6.07, 6.45) is 3.20. The zero-order valence-corrected chi connectivity index (χ0v) is 15.4. The number of non-ortho nitro benzene ring substituents is 1. The van der Waals surface area contributed by atoms with Crippen molar-refractivity contribution < 1.29 is 4.92 Å². The molecule has 1 aliphatic heterocycles. The van der Waals surface area contributed by atoms with E-state index in [-0.39, 0.29) is 10.6 Å². The Morgan fingerprint density at radius 3 is 2.96 bits per heavy atom. The second kappa shape index (κ2) is 7.46. The van der Waals surface area contributed by atoms with Gasteiger partial charge >= 0.3 is 0 Å². The first-order valence-corrected chi connectivity index (χ1v) is 9.27. The van der Waals surface area contributed by atoms with Gasteiger partial charge in [0.25, 0.3) is 5.69 Å². The van der Waals surface area contributed by atoms with Gasteiger partial charge in [-0.05, 0) is 38.1 Å². The second-order valence-corrected chi connectivity index (χ2v) is 7.03. The van der Waals surface area contributed by atoms with E-state index in [0.717, 1.165) is 67.3 Å². The van der Waals surface area contributed by atoms with Crippen LogP contribution < -0.4 is 5.32 Å². The van der Waals surface area contributed by atoms with Crippen LogP contribution in [0, 0.1) is 17.0 Å². The number of rotatable bonds is 4. The minimum atomic E-state index is -0.358. The third kappa shape index (κ3) is 3.70. The first-order chi connectivity index (χ1) is 13.1. The van der Waals surface area contributed by atoms with Gasteiger partial charge in [0.15, 0.2) is 0 Å². The van der Waals surface area contributed by atoms with Gasteiger partial charge in [-0.15, -0.1) is 0 Å². The smallest absolute Gasteiger partial charge is 0.270 e. The molecule has 0 amide bonds.